The fourth-order valence-electron chi connectivity index (χ4n) is 1.43. The zero-order valence-electron chi connectivity index (χ0n) is 8.01. The van der Waals surface area contributed by atoms with Crippen molar-refractivity contribution in [3.8, 4) is 0 Å². The number of alkyl halides is 1. The van der Waals surface area contributed by atoms with Crippen LogP contribution >= 0.6 is 11.6 Å². The summed E-state index contributed by atoms with van der Waals surface area (Å²) in [6, 6.07) is -0.367. The van der Waals surface area contributed by atoms with Gasteiger partial charge < -0.3 is 10.6 Å². The lowest BCUT2D eigenvalue weighted by atomic mass is 10.1. The lowest BCUT2D eigenvalue weighted by molar-refractivity contribution is -0.128. The van der Waals surface area contributed by atoms with E-state index in [1.54, 1.807) is 0 Å². The Morgan fingerprint density at radius 3 is 3.07 bits per heavy atom. The molecule has 0 aromatic heterocycles. The minimum absolute atomic E-state index is 0.0783. The average Bonchev–Trinajstić information content (AvgIpc) is 2.33. The molecule has 14 heavy (non-hydrogen) atoms. The largest absolute Gasteiger partial charge is 0.354 e. The van der Waals surface area contributed by atoms with E-state index in [4.69, 9.17) is 11.6 Å². The highest BCUT2D eigenvalue weighted by Crippen LogP contribution is 2.05. The van der Waals surface area contributed by atoms with Gasteiger partial charge in [0.05, 0.1) is 0 Å². The summed E-state index contributed by atoms with van der Waals surface area (Å²) in [6.45, 7) is 0.709. The molecule has 1 aliphatic heterocycles. The zero-order valence-corrected chi connectivity index (χ0v) is 8.77. The van der Waals surface area contributed by atoms with Crippen molar-refractivity contribution in [1.82, 2.24) is 10.6 Å². The zero-order chi connectivity index (χ0) is 10.4. The van der Waals surface area contributed by atoms with Crippen LogP contribution in [0.2, 0.25) is 0 Å². The maximum atomic E-state index is 11.4. The van der Waals surface area contributed by atoms with Gasteiger partial charge in [-0.15, -0.1) is 11.6 Å². The van der Waals surface area contributed by atoms with E-state index in [1.165, 1.54) is 0 Å². The van der Waals surface area contributed by atoms with Gasteiger partial charge in [0, 0.05) is 18.8 Å². The van der Waals surface area contributed by atoms with Gasteiger partial charge in [0.15, 0.2) is 0 Å². The summed E-state index contributed by atoms with van der Waals surface area (Å²) >= 11 is 5.42. The van der Waals surface area contributed by atoms with Crippen LogP contribution in [0, 0.1) is 0 Å². The number of amides is 2. The predicted octanol–water partition coefficient (Wildman–Crippen LogP) is 0.400. The van der Waals surface area contributed by atoms with Crippen LogP contribution in [0.25, 0.3) is 0 Å². The van der Waals surface area contributed by atoms with Crippen LogP contribution in [-0.2, 0) is 9.59 Å². The first-order valence-electron chi connectivity index (χ1n) is 4.87. The van der Waals surface area contributed by atoms with Gasteiger partial charge in [-0.25, -0.2) is 0 Å². The molecule has 1 atom stereocenters. The van der Waals surface area contributed by atoms with Crippen LogP contribution in [-0.4, -0.2) is 30.3 Å². The Bertz CT molecular complexity index is 221. The van der Waals surface area contributed by atoms with Crippen molar-refractivity contribution in [1.29, 1.82) is 0 Å². The Morgan fingerprint density at radius 2 is 2.36 bits per heavy atom. The van der Waals surface area contributed by atoms with Crippen molar-refractivity contribution in [3.05, 3.63) is 0 Å². The van der Waals surface area contributed by atoms with Crippen LogP contribution in [0.1, 0.15) is 25.7 Å². The van der Waals surface area contributed by atoms with Gasteiger partial charge in [0.2, 0.25) is 11.8 Å². The first-order chi connectivity index (χ1) is 6.74. The molecule has 0 aromatic rings. The third-order valence-electron chi connectivity index (χ3n) is 2.19. The molecule has 1 unspecified atom stereocenters. The van der Waals surface area contributed by atoms with E-state index < -0.39 is 0 Å². The van der Waals surface area contributed by atoms with Crippen LogP contribution in [0.5, 0.6) is 0 Å². The highest BCUT2D eigenvalue weighted by molar-refractivity contribution is 6.18. The van der Waals surface area contributed by atoms with Gasteiger partial charge in [-0.3, -0.25) is 9.59 Å². The van der Waals surface area contributed by atoms with Gasteiger partial charge in [-0.05, 0) is 19.3 Å². The fraction of sp³-hybridized carbons (Fsp3) is 0.778. The lowest BCUT2D eigenvalue weighted by Gasteiger charge is -2.14. The van der Waals surface area contributed by atoms with Gasteiger partial charge in [-0.2, -0.15) is 0 Å². The molecular weight excluding hydrogens is 204 g/mol. The van der Waals surface area contributed by atoms with Crippen molar-refractivity contribution >= 4 is 23.4 Å². The molecule has 0 bridgehead atoms. The molecular formula is C9H15ClN2O2. The Labute approximate surface area is 88.4 Å². The highest BCUT2D eigenvalue weighted by atomic mass is 35.5. The summed E-state index contributed by atoms with van der Waals surface area (Å²) in [6.07, 6.45) is 2.93. The highest BCUT2D eigenvalue weighted by Gasteiger charge is 2.21. The summed E-state index contributed by atoms with van der Waals surface area (Å²) in [5.74, 6) is 0.0626. The minimum Gasteiger partial charge on any atom is -0.354 e. The summed E-state index contributed by atoms with van der Waals surface area (Å²) in [7, 11) is 0. The normalized spacial score (nSPS) is 22.4. The second-order valence-electron chi connectivity index (χ2n) is 3.35. The standard InChI is InChI=1S/C9H15ClN2O2/c10-5-4-8(13)12-7-3-1-2-6-11-9(7)14/h7H,1-6H2,(H,11,14)(H,12,13). The lowest BCUT2D eigenvalue weighted by Crippen LogP contribution is -2.45. The summed E-state index contributed by atoms with van der Waals surface area (Å²) < 4.78 is 0. The molecule has 80 valence electrons. The predicted molar refractivity (Wildman–Crippen MR) is 54.1 cm³/mol. The van der Waals surface area contributed by atoms with E-state index in [-0.39, 0.29) is 24.3 Å². The van der Waals surface area contributed by atoms with Gasteiger partial charge in [0.1, 0.15) is 6.04 Å². The maximum Gasteiger partial charge on any atom is 0.242 e. The number of carbonyl (C=O) groups excluding carboxylic acids is 2. The number of hydrogen-bond donors (Lipinski definition) is 2. The molecule has 2 N–H and O–H groups in total. The smallest absolute Gasteiger partial charge is 0.242 e. The summed E-state index contributed by atoms with van der Waals surface area (Å²) in [5.41, 5.74) is 0. The quantitative estimate of drug-likeness (QED) is 0.674. The van der Waals surface area contributed by atoms with Crippen molar-refractivity contribution < 1.29 is 9.59 Å². The van der Waals surface area contributed by atoms with Crippen LogP contribution in [0.4, 0.5) is 0 Å². The topological polar surface area (TPSA) is 58.2 Å². The Morgan fingerprint density at radius 1 is 1.57 bits per heavy atom. The van der Waals surface area contributed by atoms with Crippen LogP contribution in [0.3, 0.4) is 0 Å². The SMILES string of the molecule is O=C(CCCl)NC1CCCCNC1=O. The van der Waals surface area contributed by atoms with E-state index in [0.717, 1.165) is 19.3 Å². The van der Waals surface area contributed by atoms with E-state index in [0.29, 0.717) is 12.4 Å². The Hall–Kier alpha value is -0.770. The molecule has 1 saturated heterocycles. The number of hydrogen-bond acceptors (Lipinski definition) is 2. The molecule has 0 aliphatic carbocycles. The maximum absolute atomic E-state index is 11.4. The van der Waals surface area contributed by atoms with Gasteiger partial charge >= 0.3 is 0 Å². The fourth-order valence-corrected chi connectivity index (χ4v) is 1.60. The number of rotatable bonds is 3. The molecule has 4 nitrogen and oxygen atoms in total. The van der Waals surface area contributed by atoms with E-state index in [9.17, 15) is 9.59 Å². The van der Waals surface area contributed by atoms with Crippen molar-refractivity contribution in [2.75, 3.05) is 12.4 Å². The number of halogens is 1. The van der Waals surface area contributed by atoms with Crippen LogP contribution < -0.4 is 10.6 Å². The number of nitrogens with one attached hydrogen (secondary N) is 2. The third kappa shape index (κ3) is 3.54. The molecule has 0 spiro atoms. The monoisotopic (exact) mass is 218 g/mol. The van der Waals surface area contributed by atoms with E-state index >= 15 is 0 Å². The molecule has 0 saturated carbocycles. The Kier molecular flexibility index (Phi) is 4.73. The van der Waals surface area contributed by atoms with Gasteiger partial charge in [0.25, 0.3) is 0 Å². The van der Waals surface area contributed by atoms with E-state index in [2.05, 4.69) is 10.6 Å². The van der Waals surface area contributed by atoms with Crippen molar-refractivity contribution in [2.45, 2.75) is 31.7 Å². The second-order valence-corrected chi connectivity index (χ2v) is 3.72. The first kappa shape index (κ1) is 11.3. The summed E-state index contributed by atoms with van der Waals surface area (Å²) in [4.78, 5) is 22.6. The van der Waals surface area contributed by atoms with Crippen molar-refractivity contribution in [2.24, 2.45) is 0 Å². The molecule has 5 heteroatoms. The van der Waals surface area contributed by atoms with Crippen molar-refractivity contribution in [3.63, 3.8) is 0 Å². The molecule has 1 aliphatic rings. The summed E-state index contributed by atoms with van der Waals surface area (Å²) in [5, 5.41) is 5.43. The van der Waals surface area contributed by atoms with Crippen LogP contribution in [0.15, 0.2) is 0 Å². The average molecular weight is 219 g/mol. The molecule has 0 radical (unpaired) electrons. The molecule has 1 heterocycles. The third-order valence-corrected chi connectivity index (χ3v) is 2.38. The first-order valence-corrected chi connectivity index (χ1v) is 5.40. The minimum atomic E-state index is -0.367. The second kappa shape index (κ2) is 5.86. The Balaban J connectivity index is 2.40. The molecule has 0 aromatic carbocycles. The number of carbonyl (C=O) groups is 2. The van der Waals surface area contributed by atoms with Gasteiger partial charge in [-0.1, -0.05) is 0 Å². The van der Waals surface area contributed by atoms with E-state index in [1.807, 2.05) is 0 Å². The molecule has 2 amide bonds. The molecule has 1 fully saturated rings. The molecule has 1 rings (SSSR count).